The second-order valence-electron chi connectivity index (χ2n) is 8.82. The Balaban J connectivity index is 1.53. The molecule has 1 heterocycles. The number of benzene rings is 3. The fourth-order valence-electron chi connectivity index (χ4n) is 4.19. The lowest BCUT2D eigenvalue weighted by Crippen LogP contribution is -2.27. The number of nitrogen functional groups attached to an aromatic ring is 1. The SMILES string of the molecule is COc1ccc(CCCCN(c2ccc(F)c(NC(=O)c3cc(C)cc4c(N)ncnc34)c2Cl)S(=O)O)cc1. The monoisotopic (exact) mass is 571 g/mol. The molecule has 0 saturated carbocycles. The molecule has 1 unspecified atom stereocenters. The van der Waals surface area contributed by atoms with Crippen LogP contribution in [0.1, 0.15) is 34.3 Å². The summed E-state index contributed by atoms with van der Waals surface area (Å²) in [5.41, 5.74) is 8.02. The van der Waals surface area contributed by atoms with Crippen LogP contribution in [-0.4, -0.2) is 38.3 Å². The van der Waals surface area contributed by atoms with E-state index in [9.17, 15) is 17.9 Å². The van der Waals surface area contributed by atoms with Gasteiger partial charge >= 0.3 is 0 Å². The van der Waals surface area contributed by atoms with Gasteiger partial charge in [0, 0.05) is 11.9 Å². The number of fused-ring (bicyclic) bond motifs is 1. The maximum Gasteiger partial charge on any atom is 0.261 e. The predicted octanol–water partition coefficient (Wildman–Crippen LogP) is 5.54. The number of nitrogens with zero attached hydrogens (tertiary/aromatic N) is 3. The van der Waals surface area contributed by atoms with Crippen molar-refractivity contribution in [3.63, 3.8) is 0 Å². The van der Waals surface area contributed by atoms with Crippen molar-refractivity contribution in [2.75, 3.05) is 29.0 Å². The van der Waals surface area contributed by atoms with Crippen LogP contribution in [0.3, 0.4) is 0 Å². The molecule has 0 aliphatic carbocycles. The molecular weight excluding hydrogens is 545 g/mol. The Bertz CT molecular complexity index is 1540. The molecular formula is C27H27ClFN5O4S. The van der Waals surface area contributed by atoms with Crippen molar-refractivity contribution in [1.29, 1.82) is 0 Å². The maximum atomic E-state index is 14.9. The van der Waals surface area contributed by atoms with Gasteiger partial charge in [-0.05, 0) is 73.7 Å². The van der Waals surface area contributed by atoms with Crippen molar-refractivity contribution in [3.05, 3.63) is 82.4 Å². The highest BCUT2D eigenvalue weighted by atomic mass is 35.5. The van der Waals surface area contributed by atoms with Gasteiger partial charge in [-0.2, -0.15) is 0 Å². The van der Waals surface area contributed by atoms with Crippen molar-refractivity contribution in [3.8, 4) is 5.75 Å². The molecule has 39 heavy (non-hydrogen) atoms. The van der Waals surface area contributed by atoms with Crippen molar-refractivity contribution in [1.82, 2.24) is 9.97 Å². The number of hydrogen-bond donors (Lipinski definition) is 3. The molecule has 0 aliphatic heterocycles. The number of unbranched alkanes of at least 4 members (excludes halogenated alkanes) is 1. The number of halogens is 2. The van der Waals surface area contributed by atoms with Crippen LogP contribution in [0.4, 0.5) is 21.6 Å². The highest BCUT2D eigenvalue weighted by Gasteiger charge is 2.23. The lowest BCUT2D eigenvalue weighted by atomic mass is 10.1. The number of aryl methyl sites for hydroxylation is 2. The topological polar surface area (TPSA) is 131 Å². The maximum absolute atomic E-state index is 14.9. The van der Waals surface area contributed by atoms with Crippen LogP contribution in [0.15, 0.2) is 54.9 Å². The largest absolute Gasteiger partial charge is 0.497 e. The highest BCUT2D eigenvalue weighted by molar-refractivity contribution is 7.80. The second kappa shape index (κ2) is 12.4. The normalized spacial score (nSPS) is 11.8. The number of methoxy groups -OCH3 is 1. The van der Waals surface area contributed by atoms with Crippen LogP contribution < -0.4 is 20.1 Å². The Hall–Kier alpha value is -3.80. The molecule has 0 aliphatic rings. The van der Waals surface area contributed by atoms with Crippen molar-refractivity contribution in [2.45, 2.75) is 26.2 Å². The summed E-state index contributed by atoms with van der Waals surface area (Å²) in [6, 6.07) is 13.4. The molecule has 0 saturated heterocycles. The van der Waals surface area contributed by atoms with Gasteiger partial charge in [-0.15, -0.1) is 0 Å². The van der Waals surface area contributed by atoms with Crippen LogP contribution >= 0.6 is 11.6 Å². The summed E-state index contributed by atoms with van der Waals surface area (Å²) in [7, 11) is 1.60. The fraction of sp³-hybridized carbons (Fsp3) is 0.222. The number of ether oxygens (including phenoxy) is 1. The number of hydrogen-bond acceptors (Lipinski definition) is 6. The van der Waals surface area contributed by atoms with Gasteiger partial charge in [0.1, 0.15) is 23.7 Å². The Morgan fingerprint density at radius 1 is 1.18 bits per heavy atom. The summed E-state index contributed by atoms with van der Waals surface area (Å²) >= 11 is 4.06. The first-order valence-electron chi connectivity index (χ1n) is 12.0. The summed E-state index contributed by atoms with van der Waals surface area (Å²) in [6.45, 7) is 1.96. The fourth-order valence-corrected chi connectivity index (χ4v) is 5.15. The third-order valence-electron chi connectivity index (χ3n) is 6.16. The number of carbonyl (C=O) groups excluding carboxylic acids is 1. The Morgan fingerprint density at radius 3 is 2.62 bits per heavy atom. The van der Waals surface area contributed by atoms with E-state index in [1.165, 1.54) is 12.4 Å². The summed E-state index contributed by atoms with van der Waals surface area (Å²) in [4.78, 5) is 21.3. The van der Waals surface area contributed by atoms with E-state index in [2.05, 4.69) is 15.3 Å². The molecule has 4 aromatic rings. The predicted molar refractivity (Wildman–Crippen MR) is 152 cm³/mol. The molecule has 1 atom stereocenters. The number of amides is 1. The van der Waals surface area contributed by atoms with Crippen LogP contribution in [0.5, 0.6) is 5.75 Å². The zero-order valence-corrected chi connectivity index (χ0v) is 22.9. The molecule has 1 amide bonds. The van der Waals surface area contributed by atoms with Crippen LogP contribution in [0.2, 0.25) is 5.02 Å². The van der Waals surface area contributed by atoms with Crippen LogP contribution in [-0.2, 0) is 17.7 Å². The van der Waals surface area contributed by atoms with Crippen molar-refractivity contribution < 1.29 is 22.7 Å². The number of aromatic nitrogens is 2. The van der Waals surface area contributed by atoms with Gasteiger partial charge < -0.3 is 15.8 Å². The molecule has 9 nitrogen and oxygen atoms in total. The number of nitrogens with two attached hydrogens (primary N) is 1. The molecule has 1 aromatic heterocycles. The Kier molecular flexibility index (Phi) is 8.95. The summed E-state index contributed by atoms with van der Waals surface area (Å²) < 4.78 is 43.4. The van der Waals surface area contributed by atoms with Crippen molar-refractivity contribution in [2.24, 2.45) is 0 Å². The molecule has 4 rings (SSSR count). The van der Waals surface area contributed by atoms with E-state index in [4.69, 9.17) is 22.1 Å². The summed E-state index contributed by atoms with van der Waals surface area (Å²) in [5, 5.41) is 2.79. The van der Waals surface area contributed by atoms with Crippen LogP contribution in [0, 0.1) is 12.7 Å². The molecule has 0 bridgehead atoms. The Morgan fingerprint density at radius 2 is 1.92 bits per heavy atom. The number of nitrogens with one attached hydrogen (secondary N) is 1. The highest BCUT2D eigenvalue weighted by Crippen LogP contribution is 2.36. The minimum Gasteiger partial charge on any atom is -0.497 e. The van der Waals surface area contributed by atoms with E-state index >= 15 is 0 Å². The minimum absolute atomic E-state index is 0.110. The molecule has 0 spiro atoms. The first kappa shape index (κ1) is 28.2. The minimum atomic E-state index is -2.44. The molecule has 0 fully saturated rings. The molecule has 0 radical (unpaired) electrons. The van der Waals surface area contributed by atoms with Crippen molar-refractivity contribution >= 4 is 56.9 Å². The second-order valence-corrected chi connectivity index (χ2v) is 10.1. The summed E-state index contributed by atoms with van der Waals surface area (Å²) in [6.07, 6.45) is 3.28. The number of rotatable bonds is 10. The molecule has 204 valence electrons. The van der Waals surface area contributed by atoms with Gasteiger partial charge in [-0.25, -0.2) is 18.6 Å². The average molecular weight is 572 g/mol. The van der Waals surface area contributed by atoms with E-state index in [-0.39, 0.29) is 34.3 Å². The quantitative estimate of drug-likeness (QED) is 0.168. The van der Waals surface area contributed by atoms with E-state index in [0.717, 1.165) is 40.1 Å². The molecule has 4 N–H and O–H groups in total. The van der Waals surface area contributed by atoms with E-state index in [0.29, 0.717) is 17.3 Å². The van der Waals surface area contributed by atoms with Gasteiger partial charge in [-0.1, -0.05) is 23.7 Å². The smallest absolute Gasteiger partial charge is 0.261 e. The van der Waals surface area contributed by atoms with E-state index in [1.54, 1.807) is 26.2 Å². The van der Waals surface area contributed by atoms with Gasteiger partial charge in [0.25, 0.3) is 17.2 Å². The first-order valence-corrected chi connectivity index (χ1v) is 13.5. The number of anilines is 3. The standard InChI is InChI=1S/C27H27ClFN5O4S/c1-16-13-19-24(31-15-32-26(19)30)20(14-16)27(35)33-25-21(29)10-11-22(23(25)28)34(39(36)37)12-4-3-5-17-6-8-18(38-2)9-7-17/h6-11,13-15H,3-5,12H2,1-2H3,(H,33,35)(H,36,37)(H2,30,31,32). The lowest BCUT2D eigenvalue weighted by molar-refractivity contribution is 0.102. The Labute approximate surface area is 232 Å². The molecule has 3 aromatic carbocycles. The van der Waals surface area contributed by atoms with Gasteiger partial charge in [-0.3, -0.25) is 13.7 Å². The van der Waals surface area contributed by atoms with Gasteiger partial charge in [0.15, 0.2) is 0 Å². The third kappa shape index (κ3) is 6.44. The van der Waals surface area contributed by atoms with Gasteiger partial charge in [0.05, 0.1) is 34.6 Å². The van der Waals surface area contributed by atoms with E-state index < -0.39 is 23.0 Å². The summed E-state index contributed by atoms with van der Waals surface area (Å²) in [5.74, 6) is -0.498. The zero-order chi connectivity index (χ0) is 28.1. The first-order chi connectivity index (χ1) is 18.7. The molecule has 12 heteroatoms. The lowest BCUT2D eigenvalue weighted by Gasteiger charge is -2.23. The zero-order valence-electron chi connectivity index (χ0n) is 21.3. The third-order valence-corrected chi connectivity index (χ3v) is 7.30. The average Bonchev–Trinajstić information content (AvgIpc) is 2.92. The number of carbonyl (C=O) groups is 1. The van der Waals surface area contributed by atoms with Gasteiger partial charge in [0.2, 0.25) is 0 Å². The van der Waals surface area contributed by atoms with E-state index in [1.807, 2.05) is 24.3 Å². The van der Waals surface area contributed by atoms with Crippen LogP contribution in [0.25, 0.3) is 10.9 Å².